The molecule has 2 rings (SSSR count). The van der Waals surface area contributed by atoms with Crippen LogP contribution in [0.15, 0.2) is 42.1 Å². The quantitative estimate of drug-likeness (QED) is 0.238. The topological polar surface area (TPSA) is 126 Å². The molecule has 1 aliphatic rings. The van der Waals surface area contributed by atoms with Crippen LogP contribution in [0.3, 0.4) is 0 Å². The monoisotopic (exact) mass is 446 g/mol. The number of amides is 3. The van der Waals surface area contributed by atoms with Crippen LogP contribution in [0.5, 0.6) is 0 Å². The van der Waals surface area contributed by atoms with Gasteiger partial charge in [0, 0.05) is 0 Å². The Morgan fingerprint density at radius 3 is 2.71 bits per heavy atom. The fraction of sp³-hybridized carbons (Fsp3) is 0.381. The average molecular weight is 447 g/mol. The van der Waals surface area contributed by atoms with E-state index in [1.165, 1.54) is 19.1 Å². The van der Waals surface area contributed by atoms with Crippen molar-refractivity contribution >= 4 is 36.3 Å². The van der Waals surface area contributed by atoms with Crippen LogP contribution in [-0.2, 0) is 25.7 Å². The van der Waals surface area contributed by atoms with E-state index in [-0.39, 0.29) is 30.3 Å². The molecule has 3 N–H and O–H groups in total. The molecular weight excluding hydrogens is 420 g/mol. The second-order valence-corrected chi connectivity index (χ2v) is 7.21. The number of allylic oxidation sites excluding steroid dienone is 2. The third-order valence-electron chi connectivity index (χ3n) is 4.29. The number of esters is 1. The van der Waals surface area contributed by atoms with Crippen LogP contribution < -0.4 is 16.0 Å². The predicted molar refractivity (Wildman–Crippen MR) is 117 cm³/mol. The van der Waals surface area contributed by atoms with Crippen LogP contribution in [0.2, 0.25) is 0 Å². The number of rotatable bonds is 3. The molecule has 3 amide bonds. The lowest BCUT2D eigenvalue weighted by Crippen LogP contribution is -2.44. The van der Waals surface area contributed by atoms with Crippen molar-refractivity contribution < 1.29 is 23.9 Å². The fourth-order valence-corrected chi connectivity index (χ4v) is 2.80. The summed E-state index contributed by atoms with van der Waals surface area (Å²) in [4.78, 5) is 54.0. The molecule has 0 radical (unpaired) electrons. The van der Waals surface area contributed by atoms with Gasteiger partial charge in [-0.05, 0) is 44.2 Å². The Morgan fingerprint density at radius 2 is 2.00 bits per heavy atom. The van der Waals surface area contributed by atoms with E-state index in [0.29, 0.717) is 17.9 Å². The molecule has 2 bridgehead atoms. The van der Waals surface area contributed by atoms with Gasteiger partial charge >= 0.3 is 5.97 Å². The van der Waals surface area contributed by atoms with Crippen molar-refractivity contribution in [1.29, 1.82) is 0 Å². The zero-order valence-corrected chi connectivity index (χ0v) is 18.3. The summed E-state index contributed by atoms with van der Waals surface area (Å²) in [6.45, 7) is 3.13. The zero-order chi connectivity index (χ0) is 22.8. The van der Waals surface area contributed by atoms with E-state index in [2.05, 4.69) is 33.6 Å². The number of fused-ring (bicyclic) bond motifs is 2. The number of hydrogen-bond donors (Lipinski definition) is 4. The van der Waals surface area contributed by atoms with Gasteiger partial charge in [-0.1, -0.05) is 18.2 Å². The third-order valence-corrected chi connectivity index (χ3v) is 4.55. The number of carbonyl (C=O) groups excluding carboxylic acids is 4. The molecule has 0 saturated heterocycles. The van der Waals surface area contributed by atoms with E-state index in [4.69, 9.17) is 4.74 Å². The Morgan fingerprint density at radius 1 is 1.23 bits per heavy atom. The van der Waals surface area contributed by atoms with Gasteiger partial charge in [0.25, 0.3) is 11.8 Å². The summed E-state index contributed by atoms with van der Waals surface area (Å²) in [6.07, 6.45) is 4.56. The van der Waals surface area contributed by atoms with Crippen molar-refractivity contribution in [3.8, 4) is 0 Å². The normalized spacial score (nSPS) is 22.6. The van der Waals surface area contributed by atoms with Crippen LogP contribution in [-0.4, -0.2) is 46.6 Å². The molecule has 2 heterocycles. The summed E-state index contributed by atoms with van der Waals surface area (Å²) in [6, 6.07) is 3.79. The maximum Gasteiger partial charge on any atom is 0.328 e. The number of thiol groups is 1. The van der Waals surface area contributed by atoms with Crippen molar-refractivity contribution in [2.45, 2.75) is 45.4 Å². The molecular formula is C21H26N4O5S. The molecule has 0 fully saturated rings. The highest BCUT2D eigenvalue weighted by Gasteiger charge is 2.24. The lowest BCUT2D eigenvalue weighted by Gasteiger charge is -2.19. The molecule has 1 aromatic heterocycles. The van der Waals surface area contributed by atoms with Crippen molar-refractivity contribution in [2.75, 3.05) is 5.75 Å². The molecule has 0 unspecified atom stereocenters. The molecule has 0 aliphatic carbocycles. The first kappa shape index (κ1) is 24.1. The first-order valence-corrected chi connectivity index (χ1v) is 10.5. The lowest BCUT2D eigenvalue weighted by atomic mass is 10.2. The largest absolute Gasteiger partial charge is 0.456 e. The van der Waals surface area contributed by atoms with Crippen LogP contribution in [0, 0.1) is 0 Å². The second kappa shape index (κ2) is 11.9. The molecule has 9 nitrogen and oxygen atoms in total. The Bertz CT molecular complexity index is 900. The minimum Gasteiger partial charge on any atom is -0.456 e. The maximum absolute atomic E-state index is 12.5. The number of nitrogens with zero attached hydrogens (tertiary/aromatic N) is 1. The molecule has 1 aromatic rings. The van der Waals surface area contributed by atoms with Crippen molar-refractivity contribution in [3.05, 3.63) is 53.5 Å². The summed E-state index contributed by atoms with van der Waals surface area (Å²) in [5, 5.41) is 7.68. The van der Waals surface area contributed by atoms with Gasteiger partial charge in [-0.25, -0.2) is 9.78 Å². The summed E-state index contributed by atoms with van der Waals surface area (Å²) in [7, 11) is 0. The van der Waals surface area contributed by atoms with E-state index >= 15 is 0 Å². The lowest BCUT2D eigenvalue weighted by molar-refractivity contribution is -0.151. The highest BCUT2D eigenvalue weighted by atomic mass is 32.1. The van der Waals surface area contributed by atoms with Crippen LogP contribution in [0.25, 0.3) is 0 Å². The number of ether oxygens (including phenoxy) is 1. The Labute approximate surface area is 186 Å². The molecule has 0 spiro atoms. The van der Waals surface area contributed by atoms with Gasteiger partial charge in [-0.2, -0.15) is 12.6 Å². The minimum absolute atomic E-state index is 0.0255. The number of cyclic esters (lactones) is 1. The summed E-state index contributed by atoms with van der Waals surface area (Å²) in [5.41, 5.74) is 0.529. The van der Waals surface area contributed by atoms with E-state index in [1.54, 1.807) is 31.2 Å². The molecule has 0 aromatic carbocycles. The van der Waals surface area contributed by atoms with Gasteiger partial charge in [0.15, 0.2) is 0 Å². The predicted octanol–water partition coefficient (Wildman–Crippen LogP) is 1.03. The number of carbonyl (C=O) groups is 4. The highest BCUT2D eigenvalue weighted by Crippen LogP contribution is 2.07. The Balaban J connectivity index is 2.31. The first-order valence-electron chi connectivity index (χ1n) is 9.83. The average Bonchev–Trinajstić information content (AvgIpc) is 2.75. The van der Waals surface area contributed by atoms with E-state index in [9.17, 15) is 19.2 Å². The molecule has 0 saturated carbocycles. The number of aromatic nitrogens is 1. The van der Waals surface area contributed by atoms with Crippen molar-refractivity contribution in [2.24, 2.45) is 0 Å². The van der Waals surface area contributed by atoms with Gasteiger partial charge in [-0.15, -0.1) is 0 Å². The Kier molecular flexibility index (Phi) is 9.26. The fourth-order valence-electron chi connectivity index (χ4n) is 2.65. The number of hydrogen-bond acceptors (Lipinski definition) is 7. The first-order chi connectivity index (χ1) is 14.8. The number of pyridine rings is 1. The molecule has 10 heteroatoms. The van der Waals surface area contributed by atoms with Gasteiger partial charge in [0.1, 0.15) is 23.5 Å². The molecule has 2 atom stereocenters. The second-order valence-electron chi connectivity index (χ2n) is 6.76. The van der Waals surface area contributed by atoms with Gasteiger partial charge in [0.05, 0.1) is 18.7 Å². The summed E-state index contributed by atoms with van der Waals surface area (Å²) in [5.74, 6) is -1.70. The standard InChI is InChI=1S/C21H26N4O5S/c1-3-16-19(27)23-13(2)21(29)30-15(8-4-5-10-31)11-18(26)22-12-14-7-6-9-17(24-14)20(28)25-16/h3-4,6-9,13,15,31H,5,10-12H2,1-2H3,(H,22,26)(H,23,27)(H,25,28)/b8-4+,16-3-/t13-,15+/m0/s1. The smallest absolute Gasteiger partial charge is 0.328 e. The Hall–Kier alpha value is -3.14. The number of nitrogens with one attached hydrogen (secondary N) is 3. The SMILES string of the molecule is C/C=C1\NC(=O)c2cccc(n2)CNC(=O)C[C@@H](/C=C/CCS)OC(=O)[C@H](C)NC1=O. The van der Waals surface area contributed by atoms with E-state index in [1.807, 2.05) is 0 Å². The van der Waals surface area contributed by atoms with Gasteiger partial charge < -0.3 is 20.7 Å². The van der Waals surface area contributed by atoms with Crippen LogP contribution in [0.1, 0.15) is 42.9 Å². The van der Waals surface area contributed by atoms with Gasteiger partial charge in [0.2, 0.25) is 5.91 Å². The zero-order valence-electron chi connectivity index (χ0n) is 17.4. The minimum atomic E-state index is -1.00. The van der Waals surface area contributed by atoms with E-state index < -0.39 is 29.9 Å². The maximum atomic E-state index is 12.5. The van der Waals surface area contributed by atoms with Gasteiger partial charge in [-0.3, -0.25) is 14.4 Å². The molecule has 1 aliphatic heterocycles. The van der Waals surface area contributed by atoms with E-state index in [0.717, 1.165) is 0 Å². The third kappa shape index (κ3) is 7.56. The van der Waals surface area contributed by atoms with Crippen molar-refractivity contribution in [1.82, 2.24) is 20.9 Å². The molecule has 166 valence electrons. The van der Waals surface area contributed by atoms with Crippen LogP contribution in [0.4, 0.5) is 0 Å². The molecule has 31 heavy (non-hydrogen) atoms. The summed E-state index contributed by atoms with van der Waals surface area (Å²) < 4.78 is 5.41. The van der Waals surface area contributed by atoms with Crippen LogP contribution >= 0.6 is 12.6 Å². The summed E-state index contributed by atoms with van der Waals surface area (Å²) >= 11 is 4.13. The van der Waals surface area contributed by atoms with Crippen molar-refractivity contribution in [3.63, 3.8) is 0 Å². The highest BCUT2D eigenvalue weighted by molar-refractivity contribution is 7.80.